The third-order valence-electron chi connectivity index (χ3n) is 3.53. The second kappa shape index (κ2) is 5.86. The van der Waals surface area contributed by atoms with E-state index in [9.17, 15) is 14.0 Å². The van der Waals surface area contributed by atoms with Gasteiger partial charge in [-0.15, -0.1) is 0 Å². The van der Waals surface area contributed by atoms with Crippen molar-refractivity contribution in [3.05, 3.63) is 41.7 Å². The second-order valence-electron chi connectivity index (χ2n) is 4.95. The highest BCUT2D eigenvalue weighted by Gasteiger charge is 2.33. The van der Waals surface area contributed by atoms with Crippen LogP contribution in [0.1, 0.15) is 18.4 Å². The minimum Gasteiger partial charge on any atom is -0.481 e. The van der Waals surface area contributed by atoms with Crippen LogP contribution in [-0.4, -0.2) is 17.0 Å². The molecule has 2 atom stereocenters. The number of nitrogens with one attached hydrogen (secondary N) is 1. The van der Waals surface area contributed by atoms with Gasteiger partial charge in [0.25, 0.3) is 0 Å². The first-order valence-electron chi connectivity index (χ1n) is 6.44. The van der Waals surface area contributed by atoms with Crippen LogP contribution in [0, 0.1) is 24.6 Å². The maximum Gasteiger partial charge on any atom is 0.307 e. The molecule has 0 fully saturated rings. The van der Waals surface area contributed by atoms with Gasteiger partial charge in [0.05, 0.1) is 11.8 Å². The molecule has 0 radical (unpaired) electrons. The smallest absolute Gasteiger partial charge is 0.307 e. The summed E-state index contributed by atoms with van der Waals surface area (Å²) in [6.45, 7) is 1.63. The van der Waals surface area contributed by atoms with Gasteiger partial charge in [-0.3, -0.25) is 9.59 Å². The van der Waals surface area contributed by atoms with Crippen LogP contribution in [0.4, 0.5) is 10.1 Å². The van der Waals surface area contributed by atoms with Gasteiger partial charge >= 0.3 is 5.97 Å². The number of carbonyl (C=O) groups excluding carboxylic acids is 1. The van der Waals surface area contributed by atoms with Crippen molar-refractivity contribution in [3.63, 3.8) is 0 Å². The Kier molecular flexibility index (Phi) is 4.17. The number of rotatable bonds is 3. The van der Waals surface area contributed by atoms with Crippen LogP contribution in [0.15, 0.2) is 30.4 Å². The average Bonchev–Trinajstić information content (AvgIpc) is 2.43. The molecule has 1 aromatic carbocycles. The van der Waals surface area contributed by atoms with Gasteiger partial charge in [-0.25, -0.2) is 4.39 Å². The van der Waals surface area contributed by atoms with Crippen molar-refractivity contribution in [2.45, 2.75) is 19.8 Å². The van der Waals surface area contributed by atoms with E-state index < -0.39 is 23.6 Å². The van der Waals surface area contributed by atoms with E-state index in [1.807, 2.05) is 0 Å². The topological polar surface area (TPSA) is 66.4 Å². The molecule has 0 saturated carbocycles. The lowest BCUT2D eigenvalue weighted by molar-refractivity contribution is -0.146. The highest BCUT2D eigenvalue weighted by Crippen LogP contribution is 2.27. The Labute approximate surface area is 116 Å². The summed E-state index contributed by atoms with van der Waals surface area (Å²) in [6.07, 6.45) is 4.31. The summed E-state index contributed by atoms with van der Waals surface area (Å²) in [5.74, 6) is -3.12. The first-order valence-corrected chi connectivity index (χ1v) is 6.44. The molecule has 1 aliphatic carbocycles. The maximum atomic E-state index is 13.4. The van der Waals surface area contributed by atoms with Gasteiger partial charge in [-0.05, 0) is 37.5 Å². The molecule has 4 nitrogen and oxygen atoms in total. The lowest BCUT2D eigenvalue weighted by atomic mass is 9.82. The molecule has 0 unspecified atom stereocenters. The molecular formula is C15H16FNO3. The lowest BCUT2D eigenvalue weighted by Crippen LogP contribution is -2.34. The largest absolute Gasteiger partial charge is 0.481 e. The predicted molar refractivity (Wildman–Crippen MR) is 72.8 cm³/mol. The van der Waals surface area contributed by atoms with E-state index in [1.54, 1.807) is 31.2 Å². The molecule has 2 N–H and O–H groups in total. The van der Waals surface area contributed by atoms with Crippen LogP contribution >= 0.6 is 0 Å². The van der Waals surface area contributed by atoms with Crippen molar-refractivity contribution in [1.29, 1.82) is 0 Å². The Bertz CT molecular complexity index is 568. The highest BCUT2D eigenvalue weighted by molar-refractivity contribution is 5.95. The zero-order valence-corrected chi connectivity index (χ0v) is 11.1. The SMILES string of the molecule is Cc1ccc(NC(=O)[C@@H]2CC=CC[C@H]2C(=O)O)cc1F. The molecular weight excluding hydrogens is 261 g/mol. The van der Waals surface area contributed by atoms with Crippen LogP contribution in [0.25, 0.3) is 0 Å². The summed E-state index contributed by atoms with van der Waals surface area (Å²) in [4.78, 5) is 23.3. The van der Waals surface area contributed by atoms with Crippen molar-refractivity contribution >= 4 is 17.6 Å². The summed E-state index contributed by atoms with van der Waals surface area (Å²) < 4.78 is 13.4. The van der Waals surface area contributed by atoms with Gasteiger partial charge in [0.15, 0.2) is 0 Å². The molecule has 0 heterocycles. The van der Waals surface area contributed by atoms with E-state index in [-0.39, 0.29) is 5.91 Å². The van der Waals surface area contributed by atoms with Crippen molar-refractivity contribution < 1.29 is 19.1 Å². The number of amides is 1. The number of hydrogen-bond acceptors (Lipinski definition) is 2. The van der Waals surface area contributed by atoms with E-state index in [0.717, 1.165) is 0 Å². The second-order valence-corrected chi connectivity index (χ2v) is 4.95. The number of aryl methyl sites for hydroxylation is 1. The number of halogens is 1. The number of benzene rings is 1. The van der Waals surface area contributed by atoms with Crippen molar-refractivity contribution in [3.8, 4) is 0 Å². The van der Waals surface area contributed by atoms with Crippen LogP contribution in [0.2, 0.25) is 0 Å². The van der Waals surface area contributed by atoms with Gasteiger partial charge in [0.2, 0.25) is 5.91 Å². The monoisotopic (exact) mass is 277 g/mol. The summed E-state index contributed by atoms with van der Waals surface area (Å²) in [7, 11) is 0. The van der Waals surface area contributed by atoms with Crippen molar-refractivity contribution in [2.75, 3.05) is 5.32 Å². The molecule has 5 heteroatoms. The summed E-state index contributed by atoms with van der Waals surface area (Å²) in [5.41, 5.74) is 0.837. The van der Waals surface area contributed by atoms with E-state index in [0.29, 0.717) is 24.1 Å². The fourth-order valence-electron chi connectivity index (χ4n) is 2.28. The third kappa shape index (κ3) is 3.04. The van der Waals surface area contributed by atoms with Gasteiger partial charge in [0.1, 0.15) is 5.82 Å². The molecule has 0 saturated heterocycles. The van der Waals surface area contributed by atoms with Gasteiger partial charge in [-0.1, -0.05) is 18.2 Å². The summed E-state index contributed by atoms with van der Waals surface area (Å²) in [6, 6.07) is 4.41. The molecule has 20 heavy (non-hydrogen) atoms. The first kappa shape index (κ1) is 14.2. The minimum atomic E-state index is -0.982. The molecule has 1 amide bonds. The van der Waals surface area contributed by atoms with Crippen LogP contribution < -0.4 is 5.32 Å². The van der Waals surface area contributed by atoms with E-state index in [1.165, 1.54) is 6.07 Å². The summed E-state index contributed by atoms with van der Waals surface area (Å²) in [5, 5.41) is 11.7. The molecule has 106 valence electrons. The Balaban J connectivity index is 2.12. The predicted octanol–water partition coefficient (Wildman–Crippen LogP) is 2.74. The fourth-order valence-corrected chi connectivity index (χ4v) is 2.28. The minimum absolute atomic E-state index is 0.343. The van der Waals surface area contributed by atoms with Crippen molar-refractivity contribution in [2.24, 2.45) is 11.8 Å². The van der Waals surface area contributed by atoms with Gasteiger partial charge < -0.3 is 10.4 Å². The number of anilines is 1. The summed E-state index contributed by atoms with van der Waals surface area (Å²) >= 11 is 0. The molecule has 1 aromatic rings. The Morgan fingerprint density at radius 1 is 1.25 bits per heavy atom. The zero-order chi connectivity index (χ0) is 14.7. The Morgan fingerprint density at radius 3 is 2.50 bits per heavy atom. The molecule has 0 aliphatic heterocycles. The number of carboxylic acids is 1. The first-order chi connectivity index (χ1) is 9.49. The maximum absolute atomic E-state index is 13.4. The normalized spacial score (nSPS) is 21.5. The Hall–Kier alpha value is -2.17. The molecule has 0 aromatic heterocycles. The average molecular weight is 277 g/mol. The van der Waals surface area contributed by atoms with E-state index in [2.05, 4.69) is 5.32 Å². The third-order valence-corrected chi connectivity index (χ3v) is 3.53. The quantitative estimate of drug-likeness (QED) is 0.835. The van der Waals surface area contributed by atoms with Crippen LogP contribution in [-0.2, 0) is 9.59 Å². The van der Waals surface area contributed by atoms with Crippen LogP contribution in [0.3, 0.4) is 0 Å². The molecule has 0 bridgehead atoms. The number of aliphatic carboxylic acids is 1. The standard InChI is InChI=1S/C15H16FNO3/c1-9-6-7-10(8-13(9)16)17-14(18)11-4-2-3-5-12(11)15(19)20/h2-3,6-8,11-12H,4-5H2,1H3,(H,17,18)(H,19,20)/t11-,12-/m1/s1. The fraction of sp³-hybridized carbons (Fsp3) is 0.333. The number of carbonyl (C=O) groups is 2. The highest BCUT2D eigenvalue weighted by atomic mass is 19.1. The zero-order valence-electron chi connectivity index (χ0n) is 11.1. The van der Waals surface area contributed by atoms with E-state index in [4.69, 9.17) is 5.11 Å². The van der Waals surface area contributed by atoms with Crippen LogP contribution in [0.5, 0.6) is 0 Å². The number of carboxylic acid groups (broad SMARTS) is 1. The molecule has 2 rings (SSSR count). The Morgan fingerprint density at radius 2 is 1.90 bits per heavy atom. The number of allylic oxidation sites excluding steroid dienone is 2. The lowest BCUT2D eigenvalue weighted by Gasteiger charge is -2.24. The van der Waals surface area contributed by atoms with E-state index >= 15 is 0 Å². The molecule has 0 spiro atoms. The van der Waals surface area contributed by atoms with Crippen molar-refractivity contribution in [1.82, 2.24) is 0 Å². The molecule has 1 aliphatic rings. The van der Waals surface area contributed by atoms with Gasteiger partial charge in [-0.2, -0.15) is 0 Å². The van der Waals surface area contributed by atoms with Gasteiger partial charge in [0, 0.05) is 5.69 Å². The number of hydrogen-bond donors (Lipinski definition) is 2.